The first kappa shape index (κ1) is 14.5. The zero-order valence-corrected chi connectivity index (χ0v) is 10.0. The van der Waals surface area contributed by atoms with E-state index in [0.717, 1.165) is 18.8 Å². The quantitative estimate of drug-likeness (QED) is 0.550. The van der Waals surface area contributed by atoms with Gasteiger partial charge in [-0.05, 0) is 25.5 Å². The Morgan fingerprint density at radius 2 is 1.88 bits per heavy atom. The summed E-state index contributed by atoms with van der Waals surface area (Å²) >= 11 is 0. The van der Waals surface area contributed by atoms with Gasteiger partial charge < -0.3 is 9.47 Å². The number of hydrogen-bond donors (Lipinski definition) is 0. The Morgan fingerprint density at radius 1 is 1.19 bits per heavy atom. The Morgan fingerprint density at radius 3 is 2.31 bits per heavy atom. The van der Waals surface area contributed by atoms with Gasteiger partial charge in [-0.15, -0.1) is 0 Å². The van der Waals surface area contributed by atoms with E-state index < -0.39 is 0 Å². The van der Waals surface area contributed by atoms with Gasteiger partial charge in [0.25, 0.3) is 6.47 Å². The highest BCUT2D eigenvalue weighted by Gasteiger charge is 1.88. The number of carbonyl (C=O) groups excluding carboxylic acids is 1. The summed E-state index contributed by atoms with van der Waals surface area (Å²) in [5, 5.41) is 0. The average molecular weight is 224 g/mol. The van der Waals surface area contributed by atoms with Crippen LogP contribution >= 0.6 is 0 Å². The van der Waals surface area contributed by atoms with Crippen molar-refractivity contribution in [2.75, 3.05) is 13.2 Å². The van der Waals surface area contributed by atoms with Gasteiger partial charge in [0.2, 0.25) is 0 Å². The van der Waals surface area contributed by atoms with E-state index in [1.54, 1.807) is 6.92 Å². The molecular weight excluding hydrogens is 204 g/mol. The van der Waals surface area contributed by atoms with E-state index in [0.29, 0.717) is 13.1 Å². The molecule has 0 fully saturated rings. The molecule has 3 nitrogen and oxygen atoms in total. The molecule has 3 heteroatoms. The maximum Gasteiger partial charge on any atom is 0.293 e. The van der Waals surface area contributed by atoms with Crippen molar-refractivity contribution in [1.29, 1.82) is 0 Å². The van der Waals surface area contributed by atoms with Crippen LogP contribution in [0.5, 0.6) is 5.75 Å². The Balaban J connectivity index is 0.000000385. The van der Waals surface area contributed by atoms with Crippen molar-refractivity contribution < 1.29 is 14.3 Å². The molecule has 0 bridgehead atoms. The van der Waals surface area contributed by atoms with Gasteiger partial charge in [-0.1, -0.05) is 31.5 Å². The first-order valence-corrected chi connectivity index (χ1v) is 5.58. The van der Waals surface area contributed by atoms with Crippen molar-refractivity contribution in [1.82, 2.24) is 0 Å². The van der Waals surface area contributed by atoms with Crippen LogP contribution in [-0.2, 0) is 9.53 Å². The van der Waals surface area contributed by atoms with Crippen LogP contribution in [0.3, 0.4) is 0 Å². The molecule has 1 rings (SSSR count). The molecule has 0 spiro atoms. The van der Waals surface area contributed by atoms with E-state index in [2.05, 4.69) is 11.7 Å². The first-order valence-electron chi connectivity index (χ1n) is 5.58. The molecule has 0 aliphatic rings. The molecule has 0 aromatic heterocycles. The van der Waals surface area contributed by atoms with Gasteiger partial charge in [0.05, 0.1) is 13.2 Å². The zero-order valence-electron chi connectivity index (χ0n) is 10.0. The smallest absolute Gasteiger partial charge is 0.293 e. The number of unbranched alkanes of at least 4 members (excludes halogenated alkanes) is 1. The van der Waals surface area contributed by atoms with Crippen LogP contribution in [-0.4, -0.2) is 19.7 Å². The molecular formula is C13H20O3. The van der Waals surface area contributed by atoms with Crippen molar-refractivity contribution >= 4 is 6.47 Å². The third kappa shape index (κ3) is 9.06. The minimum Gasteiger partial charge on any atom is -0.494 e. The molecule has 0 unspecified atom stereocenters. The van der Waals surface area contributed by atoms with E-state index in [1.807, 2.05) is 30.3 Å². The van der Waals surface area contributed by atoms with Gasteiger partial charge in [0.1, 0.15) is 5.75 Å². The molecule has 0 N–H and O–H groups in total. The summed E-state index contributed by atoms with van der Waals surface area (Å²) in [6, 6.07) is 9.93. The van der Waals surface area contributed by atoms with Gasteiger partial charge in [-0.3, -0.25) is 4.79 Å². The van der Waals surface area contributed by atoms with Crippen molar-refractivity contribution in [3.63, 3.8) is 0 Å². The highest BCUT2D eigenvalue weighted by Crippen LogP contribution is 2.08. The summed E-state index contributed by atoms with van der Waals surface area (Å²) in [6.07, 6.45) is 2.32. The molecule has 0 heterocycles. The molecule has 0 aliphatic heterocycles. The van der Waals surface area contributed by atoms with Crippen LogP contribution in [0.4, 0.5) is 0 Å². The molecule has 0 amide bonds. The Bertz CT molecular complexity index is 247. The van der Waals surface area contributed by atoms with Gasteiger partial charge in [0.15, 0.2) is 0 Å². The van der Waals surface area contributed by atoms with Crippen LogP contribution < -0.4 is 4.74 Å². The Labute approximate surface area is 97.4 Å². The molecule has 0 saturated heterocycles. The molecule has 0 radical (unpaired) electrons. The summed E-state index contributed by atoms with van der Waals surface area (Å²) in [5.41, 5.74) is 0. The number of carbonyl (C=O) groups is 1. The second kappa shape index (κ2) is 11.6. The van der Waals surface area contributed by atoms with Crippen LogP contribution in [0.2, 0.25) is 0 Å². The minimum absolute atomic E-state index is 0.431. The van der Waals surface area contributed by atoms with Gasteiger partial charge in [-0.25, -0.2) is 0 Å². The monoisotopic (exact) mass is 224 g/mol. The standard InChI is InChI=1S/C10H14O.C3H6O2/c1-2-3-9-11-10-7-5-4-6-8-10;1-2-5-3-4/h4-8H,2-3,9H2,1H3;3H,2H2,1H3. The average Bonchev–Trinajstić information content (AvgIpc) is 2.33. The number of rotatable bonds is 6. The second-order valence-corrected chi connectivity index (χ2v) is 3.07. The fourth-order valence-electron chi connectivity index (χ4n) is 0.919. The van der Waals surface area contributed by atoms with Gasteiger partial charge >= 0.3 is 0 Å². The molecule has 1 aromatic carbocycles. The fourth-order valence-corrected chi connectivity index (χ4v) is 0.919. The number of para-hydroxylation sites is 1. The number of benzene rings is 1. The van der Waals surface area contributed by atoms with Gasteiger partial charge in [-0.2, -0.15) is 0 Å². The minimum atomic E-state index is 0.431. The predicted octanol–water partition coefficient (Wildman–Crippen LogP) is 3.04. The van der Waals surface area contributed by atoms with Crippen LogP contribution in [0, 0.1) is 0 Å². The van der Waals surface area contributed by atoms with E-state index in [4.69, 9.17) is 4.74 Å². The SMILES string of the molecule is CCCCOc1ccccc1.CCOC=O. The normalized spacial score (nSPS) is 8.62. The third-order valence-electron chi connectivity index (χ3n) is 1.74. The van der Waals surface area contributed by atoms with Crippen molar-refractivity contribution in [3.05, 3.63) is 30.3 Å². The summed E-state index contributed by atoms with van der Waals surface area (Å²) in [4.78, 5) is 9.18. The largest absolute Gasteiger partial charge is 0.494 e. The lowest BCUT2D eigenvalue weighted by molar-refractivity contribution is -0.128. The lowest BCUT2D eigenvalue weighted by Gasteiger charge is -2.03. The van der Waals surface area contributed by atoms with E-state index >= 15 is 0 Å². The lowest BCUT2D eigenvalue weighted by Crippen LogP contribution is -1.95. The molecule has 0 aliphatic carbocycles. The fraction of sp³-hybridized carbons (Fsp3) is 0.462. The molecule has 90 valence electrons. The maximum absolute atomic E-state index is 9.18. The maximum atomic E-state index is 9.18. The molecule has 16 heavy (non-hydrogen) atoms. The summed E-state index contributed by atoms with van der Waals surface area (Å²) in [7, 11) is 0. The second-order valence-electron chi connectivity index (χ2n) is 3.07. The summed E-state index contributed by atoms with van der Waals surface area (Å²) in [5.74, 6) is 0.973. The summed E-state index contributed by atoms with van der Waals surface area (Å²) < 4.78 is 9.60. The van der Waals surface area contributed by atoms with Crippen LogP contribution in [0.25, 0.3) is 0 Å². The van der Waals surface area contributed by atoms with Crippen molar-refractivity contribution in [3.8, 4) is 5.75 Å². The first-order chi connectivity index (χ1) is 7.85. The molecule has 1 aromatic rings. The van der Waals surface area contributed by atoms with Crippen LogP contribution in [0.1, 0.15) is 26.7 Å². The number of hydrogen-bond acceptors (Lipinski definition) is 3. The van der Waals surface area contributed by atoms with Gasteiger partial charge in [0, 0.05) is 0 Å². The molecule has 0 atom stereocenters. The zero-order chi connectivity index (χ0) is 12.1. The topological polar surface area (TPSA) is 35.5 Å². The highest BCUT2D eigenvalue weighted by atomic mass is 16.5. The van der Waals surface area contributed by atoms with E-state index in [9.17, 15) is 4.79 Å². The summed E-state index contributed by atoms with van der Waals surface area (Å²) in [6.45, 7) is 5.66. The van der Waals surface area contributed by atoms with Crippen molar-refractivity contribution in [2.45, 2.75) is 26.7 Å². The van der Waals surface area contributed by atoms with Crippen LogP contribution in [0.15, 0.2) is 30.3 Å². The highest BCUT2D eigenvalue weighted by molar-refractivity contribution is 5.36. The Kier molecular flexibility index (Phi) is 10.5. The van der Waals surface area contributed by atoms with E-state index in [-0.39, 0.29) is 0 Å². The predicted molar refractivity (Wildman–Crippen MR) is 64.5 cm³/mol. The lowest BCUT2D eigenvalue weighted by atomic mass is 10.3. The Hall–Kier alpha value is -1.51. The molecule has 0 saturated carbocycles. The third-order valence-corrected chi connectivity index (χ3v) is 1.74. The van der Waals surface area contributed by atoms with E-state index in [1.165, 1.54) is 6.42 Å². The number of ether oxygens (including phenoxy) is 2. The van der Waals surface area contributed by atoms with Crippen molar-refractivity contribution in [2.24, 2.45) is 0 Å².